The fraction of sp³-hybridized carbons (Fsp3) is 0.133. The molecule has 0 fully saturated rings. The third kappa shape index (κ3) is 2.07. The highest BCUT2D eigenvalue weighted by Gasteiger charge is 2.13. The van der Waals surface area contributed by atoms with Gasteiger partial charge in [0, 0.05) is 25.2 Å². The van der Waals surface area contributed by atoms with E-state index in [1.54, 1.807) is 22.9 Å². The molecule has 0 atom stereocenters. The number of halogens is 1. The molecule has 100 valence electrons. The van der Waals surface area contributed by atoms with Crippen LogP contribution in [-0.2, 0) is 13.5 Å². The van der Waals surface area contributed by atoms with Crippen LogP contribution in [0, 0.1) is 5.82 Å². The second-order valence-electron chi connectivity index (χ2n) is 4.64. The van der Waals surface area contributed by atoms with Crippen LogP contribution in [0.1, 0.15) is 21.6 Å². The van der Waals surface area contributed by atoms with Gasteiger partial charge in [0.15, 0.2) is 6.29 Å². The Morgan fingerprint density at radius 1 is 1.25 bits per heavy atom. The molecule has 0 saturated heterocycles. The molecule has 0 radical (unpaired) electrons. The zero-order valence-corrected chi connectivity index (χ0v) is 10.9. The maximum absolute atomic E-state index is 12.9. The van der Waals surface area contributed by atoms with E-state index >= 15 is 0 Å². The van der Waals surface area contributed by atoms with E-state index in [0.717, 1.165) is 28.6 Å². The molecule has 0 saturated carbocycles. The quantitative estimate of drug-likeness (QED) is 0.686. The zero-order valence-electron chi connectivity index (χ0n) is 10.9. The average molecular weight is 269 g/mol. The molecule has 2 aromatic heterocycles. The SMILES string of the molecule is Cn1cc(C=O)c2c(Cc3ccc(F)cc3)ncnc21. The van der Waals surface area contributed by atoms with Gasteiger partial charge in [0.25, 0.3) is 0 Å². The Morgan fingerprint density at radius 3 is 2.70 bits per heavy atom. The Labute approximate surface area is 114 Å². The average Bonchev–Trinajstić information content (AvgIpc) is 2.79. The van der Waals surface area contributed by atoms with Gasteiger partial charge in [-0.15, -0.1) is 0 Å². The number of nitrogens with zero attached hydrogens (tertiary/aromatic N) is 3. The summed E-state index contributed by atoms with van der Waals surface area (Å²) in [6.07, 6.45) is 4.56. The first kappa shape index (κ1) is 12.5. The first-order valence-electron chi connectivity index (χ1n) is 6.17. The Balaban J connectivity index is 2.11. The molecule has 0 aliphatic rings. The molecule has 0 N–H and O–H groups in total. The van der Waals surface area contributed by atoms with Crippen molar-refractivity contribution >= 4 is 17.3 Å². The van der Waals surface area contributed by atoms with Crippen molar-refractivity contribution in [2.75, 3.05) is 0 Å². The number of rotatable bonds is 3. The van der Waals surface area contributed by atoms with Crippen molar-refractivity contribution in [3.05, 3.63) is 59.4 Å². The lowest BCUT2D eigenvalue weighted by atomic mass is 10.1. The minimum atomic E-state index is -0.269. The van der Waals surface area contributed by atoms with Gasteiger partial charge in [-0.2, -0.15) is 0 Å². The number of aryl methyl sites for hydroxylation is 1. The first-order valence-corrected chi connectivity index (χ1v) is 6.17. The minimum Gasteiger partial charge on any atom is -0.335 e. The first-order chi connectivity index (χ1) is 9.69. The lowest BCUT2D eigenvalue weighted by molar-refractivity contribution is 0.112. The second-order valence-corrected chi connectivity index (χ2v) is 4.64. The molecule has 5 heteroatoms. The number of carbonyl (C=O) groups is 1. The van der Waals surface area contributed by atoms with Gasteiger partial charge < -0.3 is 4.57 Å². The number of aromatic nitrogens is 3. The molecule has 0 amide bonds. The third-order valence-electron chi connectivity index (χ3n) is 3.27. The molecule has 3 rings (SSSR count). The maximum Gasteiger partial charge on any atom is 0.152 e. The van der Waals surface area contributed by atoms with Gasteiger partial charge >= 0.3 is 0 Å². The lowest BCUT2D eigenvalue weighted by Gasteiger charge is -2.04. The standard InChI is InChI=1S/C15H12FN3O/c1-19-7-11(8-20)14-13(17-9-18-15(14)19)6-10-2-4-12(16)5-3-10/h2-5,7-9H,6H2,1H3. The second kappa shape index (κ2) is 4.85. The Morgan fingerprint density at radius 2 is 2.00 bits per heavy atom. The van der Waals surface area contributed by atoms with Gasteiger partial charge in [-0.05, 0) is 17.7 Å². The summed E-state index contributed by atoms with van der Waals surface area (Å²) in [5, 5.41) is 0.759. The highest BCUT2D eigenvalue weighted by Crippen LogP contribution is 2.22. The summed E-state index contributed by atoms with van der Waals surface area (Å²) in [4.78, 5) is 19.6. The molecule has 0 bridgehead atoms. The predicted octanol–water partition coefficient (Wildman–Crippen LogP) is 2.51. The molecule has 2 heterocycles. The smallest absolute Gasteiger partial charge is 0.152 e. The van der Waals surface area contributed by atoms with Crippen LogP contribution in [0.5, 0.6) is 0 Å². The van der Waals surface area contributed by atoms with Crippen molar-refractivity contribution in [2.45, 2.75) is 6.42 Å². The van der Waals surface area contributed by atoms with Crippen molar-refractivity contribution < 1.29 is 9.18 Å². The number of hydrogen-bond donors (Lipinski definition) is 0. The molecule has 0 aliphatic carbocycles. The van der Waals surface area contributed by atoms with Crippen molar-refractivity contribution in [3.63, 3.8) is 0 Å². The van der Waals surface area contributed by atoms with Crippen molar-refractivity contribution in [1.82, 2.24) is 14.5 Å². The normalized spacial score (nSPS) is 10.9. The van der Waals surface area contributed by atoms with E-state index in [1.165, 1.54) is 18.5 Å². The Hall–Kier alpha value is -2.56. The van der Waals surface area contributed by atoms with Crippen molar-refractivity contribution in [1.29, 1.82) is 0 Å². The number of aldehydes is 1. The van der Waals surface area contributed by atoms with E-state index < -0.39 is 0 Å². The van der Waals surface area contributed by atoms with E-state index in [2.05, 4.69) is 9.97 Å². The monoisotopic (exact) mass is 269 g/mol. The van der Waals surface area contributed by atoms with Crippen LogP contribution >= 0.6 is 0 Å². The van der Waals surface area contributed by atoms with E-state index in [9.17, 15) is 9.18 Å². The fourth-order valence-corrected chi connectivity index (χ4v) is 2.33. The minimum absolute atomic E-state index is 0.269. The summed E-state index contributed by atoms with van der Waals surface area (Å²) in [7, 11) is 1.84. The topological polar surface area (TPSA) is 47.8 Å². The third-order valence-corrected chi connectivity index (χ3v) is 3.27. The van der Waals surface area contributed by atoms with Crippen LogP contribution in [0.25, 0.3) is 11.0 Å². The summed E-state index contributed by atoms with van der Waals surface area (Å²) >= 11 is 0. The van der Waals surface area contributed by atoms with Crippen molar-refractivity contribution in [3.8, 4) is 0 Å². The zero-order chi connectivity index (χ0) is 14.1. The number of hydrogen-bond acceptors (Lipinski definition) is 3. The van der Waals surface area contributed by atoms with Gasteiger partial charge in [-0.3, -0.25) is 4.79 Å². The summed E-state index contributed by atoms with van der Waals surface area (Å²) in [6.45, 7) is 0. The number of benzene rings is 1. The van der Waals surface area contributed by atoms with Crippen LogP contribution in [0.15, 0.2) is 36.8 Å². The van der Waals surface area contributed by atoms with Gasteiger partial charge in [-0.25, -0.2) is 14.4 Å². The number of carbonyl (C=O) groups excluding carboxylic acids is 1. The number of fused-ring (bicyclic) bond motifs is 1. The van der Waals surface area contributed by atoms with Crippen LogP contribution in [-0.4, -0.2) is 20.8 Å². The highest BCUT2D eigenvalue weighted by atomic mass is 19.1. The van der Waals surface area contributed by atoms with Gasteiger partial charge in [0.1, 0.15) is 17.8 Å². The maximum atomic E-state index is 12.9. The van der Waals surface area contributed by atoms with Gasteiger partial charge in [0.2, 0.25) is 0 Å². The largest absolute Gasteiger partial charge is 0.335 e. The molecule has 4 nitrogen and oxygen atoms in total. The molecular formula is C15H12FN3O. The van der Waals surface area contributed by atoms with Gasteiger partial charge in [-0.1, -0.05) is 12.1 Å². The van der Waals surface area contributed by atoms with E-state index in [0.29, 0.717) is 12.0 Å². The van der Waals surface area contributed by atoms with E-state index in [-0.39, 0.29) is 5.82 Å². The molecule has 3 aromatic rings. The molecule has 0 aliphatic heterocycles. The van der Waals surface area contributed by atoms with Crippen LogP contribution < -0.4 is 0 Å². The molecule has 0 spiro atoms. The van der Waals surface area contributed by atoms with Crippen LogP contribution in [0.4, 0.5) is 4.39 Å². The lowest BCUT2D eigenvalue weighted by Crippen LogP contribution is -1.97. The summed E-state index contributed by atoms with van der Waals surface area (Å²) in [5.74, 6) is -0.269. The van der Waals surface area contributed by atoms with Crippen molar-refractivity contribution in [2.24, 2.45) is 7.05 Å². The van der Waals surface area contributed by atoms with Crippen LogP contribution in [0.3, 0.4) is 0 Å². The Bertz CT molecular complexity index is 778. The van der Waals surface area contributed by atoms with Crippen LogP contribution in [0.2, 0.25) is 0 Å². The van der Waals surface area contributed by atoms with E-state index in [1.807, 2.05) is 7.05 Å². The fourth-order valence-electron chi connectivity index (χ4n) is 2.33. The molecule has 20 heavy (non-hydrogen) atoms. The van der Waals surface area contributed by atoms with E-state index in [4.69, 9.17) is 0 Å². The summed E-state index contributed by atoms with van der Waals surface area (Å²) in [5.41, 5.74) is 3.00. The summed E-state index contributed by atoms with van der Waals surface area (Å²) in [6, 6.07) is 6.26. The molecule has 0 unspecified atom stereocenters. The molecular weight excluding hydrogens is 257 g/mol. The molecule has 1 aromatic carbocycles. The Kier molecular flexibility index (Phi) is 3.02. The summed E-state index contributed by atoms with van der Waals surface area (Å²) < 4.78 is 14.7. The van der Waals surface area contributed by atoms with Gasteiger partial charge in [0.05, 0.1) is 11.1 Å². The highest BCUT2D eigenvalue weighted by molar-refractivity contribution is 5.97. The predicted molar refractivity (Wildman–Crippen MR) is 73.1 cm³/mol.